The minimum Gasteiger partial charge on any atom is -0.229 e. The van der Waals surface area contributed by atoms with Gasteiger partial charge in [-0.3, -0.25) is 0 Å². The molecule has 0 radical (unpaired) electrons. The highest BCUT2D eigenvalue weighted by Crippen LogP contribution is 2.25. The molecule has 0 amide bonds. The Morgan fingerprint density at radius 1 is 1.18 bits per heavy atom. The first-order valence-corrected chi connectivity index (χ1v) is 8.38. The number of halogens is 1. The Morgan fingerprint density at radius 3 is 2.24 bits per heavy atom. The van der Waals surface area contributed by atoms with Gasteiger partial charge in [-0.15, -0.1) is 0 Å². The maximum atomic E-state index is 12.7. The van der Waals surface area contributed by atoms with E-state index >= 15 is 0 Å². The molecule has 0 N–H and O–H groups in total. The molecule has 7 heteroatoms. The number of rotatable bonds is 2. The standard InChI is InChI=1S/C10H11FO4S2/c11-8-1-3-9(4-2-8)17(14,15)10-5-6-16(12,13)7-10/h1-4,10H,5-7H2. The van der Waals surface area contributed by atoms with E-state index in [1.807, 2.05) is 0 Å². The Hall–Kier alpha value is -0.950. The van der Waals surface area contributed by atoms with Gasteiger partial charge in [-0.1, -0.05) is 0 Å². The van der Waals surface area contributed by atoms with Crippen molar-refractivity contribution in [2.24, 2.45) is 0 Å². The minimum atomic E-state index is -3.67. The molecule has 0 aliphatic carbocycles. The minimum absolute atomic E-state index is 0.0269. The fraction of sp³-hybridized carbons (Fsp3) is 0.400. The van der Waals surface area contributed by atoms with Crippen molar-refractivity contribution in [3.8, 4) is 0 Å². The molecule has 4 nitrogen and oxygen atoms in total. The normalized spacial score (nSPS) is 23.7. The molecule has 1 unspecified atom stereocenters. The molecule has 0 aromatic heterocycles. The monoisotopic (exact) mass is 278 g/mol. The Kier molecular flexibility index (Phi) is 2.99. The SMILES string of the molecule is O=S1(=O)CCC(S(=O)(=O)c2ccc(F)cc2)C1. The van der Waals surface area contributed by atoms with E-state index in [0.717, 1.165) is 24.3 Å². The topological polar surface area (TPSA) is 68.3 Å². The van der Waals surface area contributed by atoms with Crippen LogP contribution in [0.4, 0.5) is 4.39 Å². The van der Waals surface area contributed by atoms with Crippen LogP contribution >= 0.6 is 0 Å². The molecule has 0 saturated carbocycles. The van der Waals surface area contributed by atoms with Gasteiger partial charge in [0.15, 0.2) is 19.7 Å². The van der Waals surface area contributed by atoms with Crippen LogP contribution in [0.5, 0.6) is 0 Å². The van der Waals surface area contributed by atoms with Crippen molar-refractivity contribution in [2.45, 2.75) is 16.6 Å². The van der Waals surface area contributed by atoms with Gasteiger partial charge in [0, 0.05) is 0 Å². The van der Waals surface area contributed by atoms with E-state index in [1.165, 1.54) is 0 Å². The van der Waals surface area contributed by atoms with Crippen molar-refractivity contribution < 1.29 is 21.2 Å². The molecule has 1 aliphatic heterocycles. The van der Waals surface area contributed by atoms with Crippen molar-refractivity contribution in [3.63, 3.8) is 0 Å². The summed E-state index contributed by atoms with van der Waals surface area (Å²) in [6.45, 7) is 0. The first kappa shape index (κ1) is 12.5. The summed E-state index contributed by atoms with van der Waals surface area (Å²) in [6.07, 6.45) is 0.113. The molecule has 17 heavy (non-hydrogen) atoms. The summed E-state index contributed by atoms with van der Waals surface area (Å²) in [5.41, 5.74) is 0. The van der Waals surface area contributed by atoms with Crippen LogP contribution in [0.2, 0.25) is 0 Å². The van der Waals surface area contributed by atoms with Crippen LogP contribution in [0.3, 0.4) is 0 Å². The Bertz CT molecular complexity index is 617. The molecule has 1 aromatic rings. The lowest BCUT2D eigenvalue weighted by Crippen LogP contribution is -2.22. The highest BCUT2D eigenvalue weighted by Gasteiger charge is 2.37. The summed E-state index contributed by atoms with van der Waals surface area (Å²) >= 11 is 0. The van der Waals surface area contributed by atoms with Crippen molar-refractivity contribution in [1.82, 2.24) is 0 Å². The third-order valence-corrected chi connectivity index (χ3v) is 6.96. The lowest BCUT2D eigenvalue weighted by molar-refractivity contribution is 0.581. The number of hydrogen-bond acceptors (Lipinski definition) is 4. The van der Waals surface area contributed by atoms with E-state index in [2.05, 4.69) is 0 Å². The van der Waals surface area contributed by atoms with Gasteiger partial charge in [0.2, 0.25) is 0 Å². The van der Waals surface area contributed by atoms with Gasteiger partial charge in [0.1, 0.15) is 5.82 Å². The Morgan fingerprint density at radius 2 is 1.76 bits per heavy atom. The van der Waals surface area contributed by atoms with Crippen molar-refractivity contribution in [3.05, 3.63) is 30.1 Å². The first-order valence-electron chi connectivity index (χ1n) is 5.01. The Labute approximate surface area is 99.3 Å². The largest absolute Gasteiger partial charge is 0.229 e. The lowest BCUT2D eigenvalue weighted by atomic mass is 10.3. The van der Waals surface area contributed by atoms with Crippen LogP contribution in [0.15, 0.2) is 29.2 Å². The molecule has 1 aromatic carbocycles. The van der Waals surface area contributed by atoms with E-state index in [4.69, 9.17) is 0 Å². The molecular weight excluding hydrogens is 267 g/mol. The van der Waals surface area contributed by atoms with Crippen molar-refractivity contribution in [2.75, 3.05) is 11.5 Å². The molecule has 0 bridgehead atoms. The molecule has 1 saturated heterocycles. The van der Waals surface area contributed by atoms with E-state index in [1.54, 1.807) is 0 Å². The van der Waals surface area contributed by atoms with Crippen LogP contribution in [0.1, 0.15) is 6.42 Å². The fourth-order valence-corrected chi connectivity index (χ4v) is 6.18. The number of sulfone groups is 2. The summed E-state index contributed by atoms with van der Waals surface area (Å²) in [6, 6.07) is 4.43. The predicted molar refractivity (Wildman–Crippen MR) is 60.6 cm³/mol. The molecule has 0 spiro atoms. The quantitative estimate of drug-likeness (QED) is 0.750. The third-order valence-electron chi connectivity index (χ3n) is 2.77. The van der Waals surface area contributed by atoms with Gasteiger partial charge in [0.25, 0.3) is 0 Å². The van der Waals surface area contributed by atoms with E-state index < -0.39 is 30.7 Å². The lowest BCUT2D eigenvalue weighted by Gasteiger charge is -2.09. The van der Waals surface area contributed by atoms with Crippen LogP contribution in [-0.2, 0) is 19.7 Å². The molecule has 94 valence electrons. The molecular formula is C10H11FO4S2. The number of hydrogen-bond donors (Lipinski definition) is 0. The Balaban J connectivity index is 2.35. The summed E-state index contributed by atoms with van der Waals surface area (Å²) in [5, 5.41) is -0.905. The molecule has 1 fully saturated rings. The van der Waals surface area contributed by atoms with Gasteiger partial charge in [-0.05, 0) is 30.7 Å². The van der Waals surface area contributed by atoms with Crippen LogP contribution in [0, 0.1) is 5.82 Å². The van der Waals surface area contributed by atoms with E-state index in [9.17, 15) is 21.2 Å². The zero-order chi connectivity index (χ0) is 12.7. The zero-order valence-electron chi connectivity index (χ0n) is 8.84. The number of benzene rings is 1. The van der Waals surface area contributed by atoms with Crippen LogP contribution in [-0.4, -0.2) is 33.6 Å². The van der Waals surface area contributed by atoms with Crippen molar-refractivity contribution in [1.29, 1.82) is 0 Å². The molecule has 2 rings (SSSR count). The van der Waals surface area contributed by atoms with Crippen LogP contribution < -0.4 is 0 Å². The predicted octanol–water partition coefficient (Wildman–Crippen LogP) is 0.787. The summed E-state index contributed by atoms with van der Waals surface area (Å²) in [4.78, 5) is -0.0269. The average Bonchev–Trinajstić information content (AvgIpc) is 2.60. The highest BCUT2D eigenvalue weighted by molar-refractivity contribution is 7.96. The maximum Gasteiger partial charge on any atom is 0.182 e. The fourth-order valence-electron chi connectivity index (χ4n) is 1.82. The highest BCUT2D eigenvalue weighted by atomic mass is 32.2. The maximum absolute atomic E-state index is 12.7. The smallest absolute Gasteiger partial charge is 0.182 e. The van der Waals surface area contributed by atoms with Gasteiger partial charge >= 0.3 is 0 Å². The summed E-state index contributed by atoms with van der Waals surface area (Å²) in [5.74, 6) is -0.965. The summed E-state index contributed by atoms with van der Waals surface area (Å²) < 4.78 is 59.3. The molecule has 1 heterocycles. The van der Waals surface area contributed by atoms with Gasteiger partial charge in [0.05, 0.1) is 21.7 Å². The van der Waals surface area contributed by atoms with Gasteiger partial charge in [-0.2, -0.15) is 0 Å². The second-order valence-electron chi connectivity index (χ2n) is 4.02. The molecule has 1 atom stereocenters. The second kappa shape index (κ2) is 4.06. The average molecular weight is 278 g/mol. The third kappa shape index (κ3) is 2.50. The van der Waals surface area contributed by atoms with Crippen LogP contribution in [0.25, 0.3) is 0 Å². The second-order valence-corrected chi connectivity index (χ2v) is 8.48. The van der Waals surface area contributed by atoms with E-state index in [-0.39, 0.29) is 22.8 Å². The van der Waals surface area contributed by atoms with Crippen molar-refractivity contribution >= 4 is 19.7 Å². The van der Waals surface area contributed by atoms with E-state index in [0.29, 0.717) is 0 Å². The van der Waals surface area contributed by atoms with Gasteiger partial charge in [-0.25, -0.2) is 21.2 Å². The molecule has 1 aliphatic rings. The first-order chi connectivity index (χ1) is 7.81. The van der Waals surface area contributed by atoms with Gasteiger partial charge < -0.3 is 0 Å². The summed E-state index contributed by atoms with van der Waals surface area (Å²) in [7, 11) is -6.92. The zero-order valence-corrected chi connectivity index (χ0v) is 10.5.